The molecule has 0 spiro atoms. The van der Waals surface area contributed by atoms with Gasteiger partial charge in [0.1, 0.15) is 5.39 Å². The monoisotopic (exact) mass is 396 g/mol. The second kappa shape index (κ2) is 7.79. The lowest BCUT2D eigenvalue weighted by Crippen LogP contribution is -2.47. The minimum absolute atomic E-state index is 0.0524. The lowest BCUT2D eigenvalue weighted by molar-refractivity contribution is -0.576. The number of carbonyl (C=O) groups is 1. The number of para-hydroxylation sites is 1. The highest BCUT2D eigenvalue weighted by Gasteiger charge is 2.32. The molecule has 1 aliphatic rings. The van der Waals surface area contributed by atoms with Gasteiger partial charge in [-0.25, -0.2) is 0 Å². The Morgan fingerprint density at radius 3 is 2.55 bits per heavy atom. The highest BCUT2D eigenvalue weighted by atomic mass is 16.5. The number of nitrogens with zero attached hydrogens (tertiary/aromatic N) is 5. The summed E-state index contributed by atoms with van der Waals surface area (Å²) in [7, 11) is 0. The zero-order chi connectivity index (χ0) is 20.5. The fraction of sp³-hybridized carbons (Fsp3) is 0.429. The number of aromatic nitrogens is 4. The molecule has 8 heteroatoms. The zero-order valence-electron chi connectivity index (χ0n) is 17.0. The average Bonchev–Trinajstić information content (AvgIpc) is 3.11. The molecule has 4 rings (SSSR count). The molecule has 1 fully saturated rings. The Bertz CT molecular complexity index is 1100. The fourth-order valence-electron chi connectivity index (χ4n) is 4.01. The second-order valence-electron chi connectivity index (χ2n) is 7.36. The molecule has 8 nitrogen and oxygen atoms in total. The zero-order valence-corrected chi connectivity index (χ0v) is 17.0. The van der Waals surface area contributed by atoms with E-state index in [0.29, 0.717) is 38.4 Å². The average molecular weight is 396 g/mol. The van der Waals surface area contributed by atoms with E-state index in [1.165, 1.54) is 4.68 Å². The standard InChI is InChI=1S/C21H26N5O3/c1-4-18(21(27)23-10-12-29-13-11-23)24-14-15(2)19-16(3)25(22-20(19)26(24)28)17-8-6-5-7-9-17/h5-9,14,18H,4,10-13H2,1-3H3/q+1. The third kappa shape index (κ3) is 3.33. The first-order chi connectivity index (χ1) is 14.0. The van der Waals surface area contributed by atoms with Crippen molar-refractivity contribution in [1.29, 1.82) is 0 Å². The summed E-state index contributed by atoms with van der Waals surface area (Å²) in [6, 6.07) is 9.15. The molecule has 1 atom stereocenters. The van der Waals surface area contributed by atoms with E-state index in [1.54, 1.807) is 15.8 Å². The van der Waals surface area contributed by atoms with Gasteiger partial charge in [-0.2, -0.15) is 4.68 Å². The highest BCUT2D eigenvalue weighted by Crippen LogP contribution is 2.23. The molecule has 2 aromatic heterocycles. The minimum atomic E-state index is -0.573. The molecule has 29 heavy (non-hydrogen) atoms. The quantitative estimate of drug-likeness (QED) is 0.634. The number of morpholine rings is 1. The van der Waals surface area contributed by atoms with Crippen LogP contribution in [0.3, 0.4) is 0 Å². The number of carbonyl (C=O) groups excluding carboxylic acids is 1. The lowest BCUT2D eigenvalue weighted by Gasteiger charge is -2.29. The second-order valence-corrected chi connectivity index (χ2v) is 7.36. The van der Waals surface area contributed by atoms with Crippen molar-refractivity contribution in [2.24, 2.45) is 0 Å². The van der Waals surface area contributed by atoms with Crippen molar-refractivity contribution < 1.29 is 14.1 Å². The molecule has 3 heterocycles. The predicted molar refractivity (Wildman–Crippen MR) is 109 cm³/mol. The van der Waals surface area contributed by atoms with Crippen molar-refractivity contribution in [2.75, 3.05) is 26.3 Å². The molecule has 3 aromatic rings. The number of ether oxygens (including phenoxy) is 1. The molecule has 1 aliphatic heterocycles. The molecule has 0 radical (unpaired) electrons. The van der Waals surface area contributed by atoms with E-state index < -0.39 is 6.04 Å². The first-order valence-corrected chi connectivity index (χ1v) is 9.98. The molecule has 1 amide bonds. The summed E-state index contributed by atoms with van der Waals surface area (Å²) < 4.78 is 9.37. The smallest absolute Gasteiger partial charge is 0.378 e. The topological polar surface area (TPSA) is 75.3 Å². The highest BCUT2D eigenvalue weighted by molar-refractivity contribution is 5.82. The number of rotatable bonds is 4. The van der Waals surface area contributed by atoms with Gasteiger partial charge >= 0.3 is 5.65 Å². The van der Waals surface area contributed by atoms with Crippen molar-refractivity contribution in [3.63, 3.8) is 0 Å². The van der Waals surface area contributed by atoms with Gasteiger partial charge in [-0.3, -0.25) is 4.79 Å². The van der Waals surface area contributed by atoms with Crippen LogP contribution in [-0.2, 0) is 9.53 Å². The van der Waals surface area contributed by atoms with Crippen LogP contribution >= 0.6 is 0 Å². The molecule has 1 unspecified atom stereocenters. The molecule has 1 aromatic carbocycles. The molecule has 152 valence electrons. The SMILES string of the molecule is CCC(C(=O)N1CCOCC1)n1cc(C)c2c(C)n(-c3ccccc3)nc2[n+]1=O. The van der Waals surface area contributed by atoms with Gasteiger partial charge in [0.25, 0.3) is 0 Å². The summed E-state index contributed by atoms with van der Waals surface area (Å²) in [5, 5.41) is 5.41. The lowest BCUT2D eigenvalue weighted by atomic mass is 10.1. The summed E-state index contributed by atoms with van der Waals surface area (Å²) in [6.07, 6.45) is 2.29. The number of amides is 1. The Balaban J connectivity index is 1.82. The van der Waals surface area contributed by atoms with Gasteiger partial charge in [0.05, 0.1) is 40.4 Å². The van der Waals surface area contributed by atoms with Crippen LogP contribution in [0.25, 0.3) is 16.7 Å². The maximum Gasteiger partial charge on any atom is 0.422 e. The van der Waals surface area contributed by atoms with Gasteiger partial charge in [-0.1, -0.05) is 25.1 Å². The summed E-state index contributed by atoms with van der Waals surface area (Å²) in [4.78, 5) is 28.1. The Morgan fingerprint density at radius 1 is 1.21 bits per heavy atom. The maximum absolute atomic E-state index is 13.3. The Kier molecular flexibility index (Phi) is 5.19. The van der Waals surface area contributed by atoms with E-state index in [9.17, 15) is 9.70 Å². The Morgan fingerprint density at radius 2 is 1.90 bits per heavy atom. The summed E-state index contributed by atoms with van der Waals surface area (Å²) in [5.41, 5.74) is 3.02. The van der Waals surface area contributed by atoms with Gasteiger partial charge < -0.3 is 9.64 Å². The summed E-state index contributed by atoms with van der Waals surface area (Å²) in [6.45, 7) is 8.00. The van der Waals surface area contributed by atoms with Crippen molar-refractivity contribution in [3.05, 3.63) is 52.7 Å². The third-order valence-corrected chi connectivity index (χ3v) is 5.52. The predicted octanol–water partition coefficient (Wildman–Crippen LogP) is 2.17. The van der Waals surface area contributed by atoms with Gasteiger partial charge in [-0.05, 0) is 42.9 Å². The van der Waals surface area contributed by atoms with Gasteiger partial charge in [0, 0.05) is 13.1 Å². The number of hydrogen-bond donors (Lipinski definition) is 0. The minimum Gasteiger partial charge on any atom is -0.378 e. The van der Waals surface area contributed by atoms with E-state index >= 15 is 0 Å². The van der Waals surface area contributed by atoms with Crippen LogP contribution < -0.4 is 4.54 Å². The Labute approximate surface area is 168 Å². The number of aryl methyl sites for hydroxylation is 2. The summed E-state index contributed by atoms with van der Waals surface area (Å²) in [5.74, 6) is -0.0524. The number of benzene rings is 1. The van der Waals surface area contributed by atoms with E-state index in [0.717, 1.165) is 26.9 Å². The molecular formula is C21H26N5O3+. The normalized spacial score (nSPS) is 15.6. The largest absolute Gasteiger partial charge is 0.422 e. The van der Waals surface area contributed by atoms with Gasteiger partial charge in [0.2, 0.25) is 5.91 Å². The van der Waals surface area contributed by atoms with Crippen LogP contribution in [0, 0.1) is 18.8 Å². The molecule has 0 aliphatic carbocycles. The third-order valence-electron chi connectivity index (χ3n) is 5.52. The van der Waals surface area contributed by atoms with Crippen molar-refractivity contribution in [3.8, 4) is 5.69 Å². The number of fused-ring (bicyclic) bond motifs is 1. The number of hydrogen-bond acceptors (Lipinski definition) is 4. The molecule has 0 bridgehead atoms. The van der Waals surface area contributed by atoms with E-state index in [-0.39, 0.29) is 5.91 Å². The van der Waals surface area contributed by atoms with Crippen LogP contribution in [0.15, 0.2) is 36.5 Å². The summed E-state index contributed by atoms with van der Waals surface area (Å²) >= 11 is 0. The van der Waals surface area contributed by atoms with Gasteiger partial charge in [0.15, 0.2) is 6.04 Å². The van der Waals surface area contributed by atoms with Gasteiger partial charge in [-0.15, -0.1) is 4.68 Å². The first kappa shape index (κ1) is 19.3. The molecular weight excluding hydrogens is 370 g/mol. The van der Waals surface area contributed by atoms with E-state index in [1.807, 2.05) is 51.1 Å². The van der Waals surface area contributed by atoms with Crippen molar-refractivity contribution >= 4 is 16.9 Å². The Hall–Kier alpha value is -3.00. The van der Waals surface area contributed by atoms with Crippen LogP contribution in [0.2, 0.25) is 0 Å². The molecule has 0 saturated carbocycles. The van der Waals surface area contributed by atoms with E-state index in [4.69, 9.17) is 4.74 Å². The first-order valence-electron chi connectivity index (χ1n) is 9.98. The molecule has 0 N–H and O–H groups in total. The molecule has 1 saturated heterocycles. The van der Waals surface area contributed by atoms with E-state index in [2.05, 4.69) is 5.10 Å². The van der Waals surface area contributed by atoms with Crippen molar-refractivity contribution in [1.82, 2.24) is 19.4 Å². The van der Waals surface area contributed by atoms with Crippen LogP contribution in [0.5, 0.6) is 0 Å². The van der Waals surface area contributed by atoms with Crippen LogP contribution in [0.1, 0.15) is 30.6 Å². The fourth-order valence-corrected chi connectivity index (χ4v) is 4.01. The van der Waals surface area contributed by atoms with Crippen molar-refractivity contribution in [2.45, 2.75) is 33.2 Å². The maximum atomic E-state index is 13.3. The van der Waals surface area contributed by atoms with Crippen LogP contribution in [0.4, 0.5) is 0 Å². The van der Waals surface area contributed by atoms with Crippen LogP contribution in [-0.4, -0.2) is 51.6 Å².